The van der Waals surface area contributed by atoms with Crippen LogP contribution in [0.25, 0.3) is 0 Å². The van der Waals surface area contributed by atoms with Crippen LogP contribution >= 0.6 is 15.9 Å². The SMILES string of the molecule is CC(Oc1cccc(Br)c1)C(=O)NCCNC(=O)c1nc(Cn2ccc([N+](=O)[O-])n2)no1. The minimum absolute atomic E-state index is 0.00342. The highest BCUT2D eigenvalue weighted by atomic mass is 79.9. The third-order valence-corrected chi connectivity index (χ3v) is 4.46. The quantitative estimate of drug-likeness (QED) is 0.233. The average Bonchev–Trinajstić information content (AvgIpc) is 3.41. The zero-order chi connectivity index (χ0) is 23.1. The Morgan fingerprint density at radius 3 is 2.81 bits per heavy atom. The molecule has 0 aliphatic rings. The molecule has 0 spiro atoms. The van der Waals surface area contributed by atoms with Gasteiger partial charge in [0.2, 0.25) is 0 Å². The number of amides is 2. The lowest BCUT2D eigenvalue weighted by Gasteiger charge is -2.15. The molecule has 168 valence electrons. The van der Waals surface area contributed by atoms with Gasteiger partial charge in [0.15, 0.2) is 11.9 Å². The van der Waals surface area contributed by atoms with E-state index in [1.54, 1.807) is 25.1 Å². The lowest BCUT2D eigenvalue weighted by atomic mass is 10.3. The maximum atomic E-state index is 12.1. The predicted molar refractivity (Wildman–Crippen MR) is 112 cm³/mol. The van der Waals surface area contributed by atoms with Crippen LogP contribution in [-0.4, -0.2) is 55.9 Å². The van der Waals surface area contributed by atoms with E-state index in [0.717, 1.165) is 4.47 Å². The van der Waals surface area contributed by atoms with Gasteiger partial charge in [-0.1, -0.05) is 27.2 Å². The molecule has 3 rings (SSSR count). The highest BCUT2D eigenvalue weighted by Gasteiger charge is 2.18. The van der Waals surface area contributed by atoms with E-state index in [1.165, 1.54) is 16.9 Å². The minimum atomic E-state index is -0.725. The Morgan fingerprint density at radius 1 is 1.31 bits per heavy atom. The fraction of sp³-hybridized carbons (Fsp3) is 0.278. The number of carbonyl (C=O) groups is 2. The maximum Gasteiger partial charge on any atom is 0.389 e. The van der Waals surface area contributed by atoms with Gasteiger partial charge in [0.1, 0.15) is 12.3 Å². The summed E-state index contributed by atoms with van der Waals surface area (Å²) in [5, 5.41) is 23.2. The number of hydrogen-bond donors (Lipinski definition) is 2. The van der Waals surface area contributed by atoms with E-state index in [2.05, 4.69) is 41.8 Å². The second-order valence-electron chi connectivity index (χ2n) is 6.41. The Balaban J connectivity index is 1.40. The number of aromatic nitrogens is 4. The third-order valence-electron chi connectivity index (χ3n) is 3.97. The maximum absolute atomic E-state index is 12.1. The van der Waals surface area contributed by atoms with Crippen molar-refractivity contribution in [3.05, 3.63) is 62.8 Å². The third kappa shape index (κ3) is 6.34. The highest BCUT2D eigenvalue weighted by molar-refractivity contribution is 9.10. The zero-order valence-electron chi connectivity index (χ0n) is 16.7. The van der Waals surface area contributed by atoms with Crippen molar-refractivity contribution in [3.63, 3.8) is 0 Å². The van der Waals surface area contributed by atoms with Crippen molar-refractivity contribution >= 4 is 33.6 Å². The number of benzene rings is 1. The van der Waals surface area contributed by atoms with Gasteiger partial charge in [-0.15, -0.1) is 0 Å². The first-order valence-corrected chi connectivity index (χ1v) is 10.1. The predicted octanol–water partition coefficient (Wildman–Crippen LogP) is 1.30. The Hall–Kier alpha value is -3.81. The van der Waals surface area contributed by atoms with Crippen LogP contribution in [0.3, 0.4) is 0 Å². The first-order chi connectivity index (χ1) is 15.3. The molecule has 3 aromatic rings. The molecule has 0 aliphatic heterocycles. The van der Waals surface area contributed by atoms with Crippen LogP contribution in [0.4, 0.5) is 5.82 Å². The van der Waals surface area contributed by atoms with Gasteiger partial charge in [-0.3, -0.25) is 9.59 Å². The summed E-state index contributed by atoms with van der Waals surface area (Å²) in [6.45, 7) is 1.89. The Kier molecular flexibility index (Phi) is 7.49. The summed E-state index contributed by atoms with van der Waals surface area (Å²) in [5.41, 5.74) is 0. The molecular weight excluding hydrogens is 490 g/mol. The summed E-state index contributed by atoms with van der Waals surface area (Å²) >= 11 is 3.33. The molecule has 0 radical (unpaired) electrons. The van der Waals surface area contributed by atoms with Gasteiger partial charge in [-0.2, -0.15) is 9.67 Å². The fourth-order valence-electron chi connectivity index (χ4n) is 2.47. The number of rotatable bonds is 10. The molecule has 2 aromatic heterocycles. The number of ether oxygens (including phenoxy) is 1. The highest BCUT2D eigenvalue weighted by Crippen LogP contribution is 2.18. The number of halogens is 1. The molecule has 0 saturated heterocycles. The summed E-state index contributed by atoms with van der Waals surface area (Å²) in [6, 6.07) is 8.35. The Bertz CT molecular complexity index is 1110. The molecule has 32 heavy (non-hydrogen) atoms. The van der Waals surface area contributed by atoms with Crippen LogP contribution in [0.15, 0.2) is 45.5 Å². The van der Waals surface area contributed by atoms with E-state index >= 15 is 0 Å². The van der Waals surface area contributed by atoms with E-state index < -0.39 is 16.9 Å². The number of carbonyl (C=O) groups excluding carboxylic acids is 2. The smallest absolute Gasteiger partial charge is 0.389 e. The van der Waals surface area contributed by atoms with Gasteiger partial charge in [0, 0.05) is 17.6 Å². The van der Waals surface area contributed by atoms with Crippen molar-refractivity contribution in [2.24, 2.45) is 0 Å². The van der Waals surface area contributed by atoms with Gasteiger partial charge >= 0.3 is 17.6 Å². The van der Waals surface area contributed by atoms with E-state index in [0.29, 0.717) is 5.75 Å². The molecule has 0 aliphatic carbocycles. The number of hydrogen-bond acceptors (Lipinski definition) is 9. The molecule has 14 heteroatoms. The van der Waals surface area contributed by atoms with Crippen LogP contribution in [0.5, 0.6) is 5.75 Å². The lowest BCUT2D eigenvalue weighted by molar-refractivity contribution is -0.389. The van der Waals surface area contributed by atoms with E-state index in [4.69, 9.17) is 9.26 Å². The average molecular weight is 508 g/mol. The fourth-order valence-corrected chi connectivity index (χ4v) is 2.85. The lowest BCUT2D eigenvalue weighted by Crippen LogP contribution is -2.40. The van der Waals surface area contributed by atoms with Crippen LogP contribution in [0.2, 0.25) is 0 Å². The number of nitrogens with one attached hydrogen (secondary N) is 2. The molecule has 0 saturated carbocycles. The van der Waals surface area contributed by atoms with Crippen molar-refractivity contribution < 1.29 is 23.8 Å². The van der Waals surface area contributed by atoms with E-state index in [-0.39, 0.29) is 43.1 Å². The molecule has 13 nitrogen and oxygen atoms in total. The Labute approximate surface area is 189 Å². The molecule has 2 N–H and O–H groups in total. The van der Waals surface area contributed by atoms with Crippen molar-refractivity contribution in [1.29, 1.82) is 0 Å². The van der Waals surface area contributed by atoms with Crippen molar-refractivity contribution in [2.75, 3.05) is 13.1 Å². The van der Waals surface area contributed by atoms with Gasteiger partial charge < -0.3 is 30.0 Å². The van der Waals surface area contributed by atoms with Crippen LogP contribution < -0.4 is 15.4 Å². The standard InChI is InChI=1S/C18H18BrN7O6/c1-11(31-13-4-2-3-12(19)9-13)16(27)20-6-7-21-17(28)18-22-14(24-32-18)10-25-8-5-15(23-25)26(29)30/h2-5,8-9,11H,6-7,10H2,1H3,(H,20,27)(H,21,28). The van der Waals surface area contributed by atoms with Gasteiger partial charge in [0.05, 0.1) is 17.4 Å². The first kappa shape index (κ1) is 22.9. The summed E-state index contributed by atoms with van der Waals surface area (Å²) in [5.74, 6) is -0.882. The molecule has 1 atom stereocenters. The molecule has 2 amide bonds. The monoisotopic (exact) mass is 507 g/mol. The second kappa shape index (κ2) is 10.5. The largest absolute Gasteiger partial charge is 0.481 e. The van der Waals surface area contributed by atoms with Crippen molar-refractivity contribution in [2.45, 2.75) is 19.6 Å². The molecular formula is C18H18BrN7O6. The number of nitrogens with zero attached hydrogens (tertiary/aromatic N) is 5. The molecule has 0 bridgehead atoms. The van der Waals surface area contributed by atoms with Gasteiger partial charge in [-0.05, 0) is 30.0 Å². The summed E-state index contributed by atoms with van der Waals surface area (Å²) < 4.78 is 12.5. The number of nitro groups is 1. The van der Waals surface area contributed by atoms with Crippen molar-refractivity contribution in [1.82, 2.24) is 30.6 Å². The summed E-state index contributed by atoms with van der Waals surface area (Å²) in [7, 11) is 0. The van der Waals surface area contributed by atoms with Crippen molar-refractivity contribution in [3.8, 4) is 5.75 Å². The zero-order valence-corrected chi connectivity index (χ0v) is 18.3. The van der Waals surface area contributed by atoms with E-state index in [1.807, 2.05) is 6.07 Å². The summed E-state index contributed by atoms with van der Waals surface area (Å²) in [6.07, 6.45) is 0.662. The Morgan fingerprint density at radius 2 is 2.09 bits per heavy atom. The van der Waals surface area contributed by atoms with Crippen LogP contribution in [0, 0.1) is 10.1 Å². The minimum Gasteiger partial charge on any atom is -0.481 e. The molecule has 2 heterocycles. The topological polar surface area (TPSA) is 167 Å². The van der Waals surface area contributed by atoms with Crippen LogP contribution in [0.1, 0.15) is 23.4 Å². The normalized spacial score (nSPS) is 11.6. The molecule has 0 fully saturated rings. The first-order valence-electron chi connectivity index (χ1n) is 9.30. The summed E-state index contributed by atoms with van der Waals surface area (Å²) in [4.78, 5) is 38.2. The van der Waals surface area contributed by atoms with Gasteiger partial charge in [0.25, 0.3) is 5.91 Å². The van der Waals surface area contributed by atoms with Gasteiger partial charge in [-0.25, -0.2) is 0 Å². The van der Waals surface area contributed by atoms with E-state index in [9.17, 15) is 19.7 Å². The van der Waals surface area contributed by atoms with Crippen LogP contribution in [-0.2, 0) is 11.3 Å². The molecule has 1 unspecified atom stereocenters. The molecule has 1 aromatic carbocycles. The second-order valence-corrected chi connectivity index (χ2v) is 7.32.